The van der Waals surface area contributed by atoms with Crippen LogP contribution >= 0.6 is 0 Å². The van der Waals surface area contributed by atoms with Crippen molar-refractivity contribution >= 4 is 10.1 Å². The third kappa shape index (κ3) is 3.18. The Morgan fingerprint density at radius 1 is 1.25 bits per heavy atom. The van der Waals surface area contributed by atoms with Gasteiger partial charge in [0.1, 0.15) is 15.9 Å². The second-order valence-electron chi connectivity index (χ2n) is 1.88. The predicted octanol–water partition coefficient (Wildman–Crippen LogP) is 0.730. The molecule has 0 N–H and O–H groups in total. The molecule has 0 aromatic heterocycles. The summed E-state index contributed by atoms with van der Waals surface area (Å²) in [7, 11) is -4.66. The van der Waals surface area contributed by atoms with Crippen molar-refractivity contribution in [2.75, 3.05) is 0 Å². The zero-order chi connectivity index (χ0) is 8.48. The van der Waals surface area contributed by atoms with Gasteiger partial charge >= 0.3 is 0 Å². The molecular formula is C6H4EuFO3S-. The van der Waals surface area contributed by atoms with Crippen LogP contribution < -0.4 is 0 Å². The van der Waals surface area contributed by atoms with E-state index >= 15 is 0 Å². The summed E-state index contributed by atoms with van der Waals surface area (Å²) in [6, 6.07) is 4.44. The molecule has 0 heterocycles. The van der Waals surface area contributed by atoms with Crippen molar-refractivity contribution in [2.45, 2.75) is 4.90 Å². The summed E-state index contributed by atoms with van der Waals surface area (Å²) in [5.41, 5.74) is 0. The topological polar surface area (TPSA) is 57.2 Å². The van der Waals surface area contributed by atoms with Crippen molar-refractivity contribution in [3.63, 3.8) is 0 Å². The molecule has 0 aliphatic carbocycles. The molecule has 0 bridgehead atoms. The molecule has 0 atom stereocenters. The molecule has 0 aliphatic rings. The molecule has 0 amide bonds. The molecule has 1 rings (SSSR count). The van der Waals surface area contributed by atoms with Gasteiger partial charge in [0.25, 0.3) is 0 Å². The van der Waals surface area contributed by atoms with Crippen LogP contribution in [0.4, 0.5) is 4.39 Å². The number of rotatable bonds is 1. The largest absolute Gasteiger partial charge is 0.744 e. The van der Waals surface area contributed by atoms with E-state index in [1.165, 1.54) is 12.1 Å². The van der Waals surface area contributed by atoms with Gasteiger partial charge in [0, 0.05) is 49.4 Å². The van der Waals surface area contributed by atoms with Gasteiger partial charge in [0.2, 0.25) is 0 Å². The maximum atomic E-state index is 12.5. The number of halogens is 1. The van der Waals surface area contributed by atoms with Gasteiger partial charge in [0.15, 0.2) is 0 Å². The van der Waals surface area contributed by atoms with Crippen LogP contribution in [0.3, 0.4) is 0 Å². The molecule has 1 aromatic rings. The van der Waals surface area contributed by atoms with E-state index in [9.17, 15) is 17.4 Å². The maximum Gasteiger partial charge on any atom is 0.140 e. The molecule has 0 fully saturated rings. The fourth-order valence-electron chi connectivity index (χ4n) is 0.647. The Hall–Kier alpha value is 0.644. The smallest absolute Gasteiger partial charge is 0.140 e. The van der Waals surface area contributed by atoms with Crippen LogP contribution in [0.5, 0.6) is 0 Å². The fourth-order valence-corrected chi connectivity index (χ4v) is 1.20. The average molecular weight is 327 g/mol. The molecule has 0 saturated heterocycles. The molecule has 67 valence electrons. The van der Waals surface area contributed by atoms with Crippen LogP contribution in [0.1, 0.15) is 0 Å². The second-order valence-corrected chi connectivity index (χ2v) is 3.23. The summed E-state index contributed by atoms with van der Waals surface area (Å²) >= 11 is 0. The van der Waals surface area contributed by atoms with Crippen LogP contribution in [-0.4, -0.2) is 13.0 Å². The van der Waals surface area contributed by atoms with Gasteiger partial charge < -0.3 is 4.55 Å². The van der Waals surface area contributed by atoms with Crippen molar-refractivity contribution in [3.05, 3.63) is 30.1 Å². The Bertz CT molecular complexity index is 363. The Balaban J connectivity index is 0.00000121. The Morgan fingerprint density at radius 2 is 1.75 bits per heavy atom. The van der Waals surface area contributed by atoms with Gasteiger partial charge in [-0.2, -0.15) is 0 Å². The summed E-state index contributed by atoms with van der Waals surface area (Å²) in [5.74, 6) is -1.01. The van der Waals surface area contributed by atoms with Gasteiger partial charge in [-0.25, -0.2) is 12.8 Å². The third-order valence-electron chi connectivity index (χ3n) is 1.11. The molecule has 0 saturated carbocycles. The zero-order valence-corrected chi connectivity index (χ0v) is 8.94. The first kappa shape index (κ1) is 12.6. The molecule has 1 aromatic carbocycles. The van der Waals surface area contributed by atoms with E-state index in [1.54, 1.807) is 0 Å². The summed E-state index contributed by atoms with van der Waals surface area (Å²) in [6.45, 7) is 0. The molecule has 12 heavy (non-hydrogen) atoms. The molecule has 0 aliphatic heterocycles. The van der Waals surface area contributed by atoms with Crippen LogP contribution in [-0.2, 0) is 10.1 Å². The zero-order valence-electron chi connectivity index (χ0n) is 5.70. The van der Waals surface area contributed by atoms with Crippen molar-refractivity contribution in [3.8, 4) is 0 Å². The number of hydrogen-bond acceptors (Lipinski definition) is 3. The molecule has 6 heteroatoms. The fraction of sp³-hybridized carbons (Fsp3) is 0. The Labute approximate surface area is 110 Å². The number of hydrogen-bond donors (Lipinski definition) is 0. The third-order valence-corrected chi connectivity index (χ3v) is 1.98. The van der Waals surface area contributed by atoms with Gasteiger partial charge in [-0.15, -0.1) is 0 Å². The minimum Gasteiger partial charge on any atom is -0.744 e. The summed E-state index contributed by atoms with van der Waals surface area (Å²) < 4.78 is 43.3. The van der Waals surface area contributed by atoms with Crippen molar-refractivity contribution < 1.29 is 66.7 Å². The first-order valence-electron chi connectivity index (χ1n) is 2.72. The van der Waals surface area contributed by atoms with Crippen molar-refractivity contribution in [1.82, 2.24) is 0 Å². The Morgan fingerprint density at radius 3 is 2.08 bits per heavy atom. The predicted molar refractivity (Wildman–Crippen MR) is 34.4 cm³/mol. The number of benzene rings is 1. The van der Waals surface area contributed by atoms with Crippen LogP contribution in [0.25, 0.3) is 0 Å². The van der Waals surface area contributed by atoms with Gasteiger partial charge in [0.05, 0.1) is 4.90 Å². The van der Waals surface area contributed by atoms with Crippen LogP contribution in [0, 0.1) is 55.2 Å². The van der Waals surface area contributed by atoms with Gasteiger partial charge in [-0.05, 0) is 12.1 Å². The van der Waals surface area contributed by atoms with Gasteiger partial charge in [-0.3, -0.25) is 0 Å². The van der Waals surface area contributed by atoms with Crippen molar-refractivity contribution in [2.24, 2.45) is 0 Å². The van der Waals surface area contributed by atoms with Crippen molar-refractivity contribution in [1.29, 1.82) is 0 Å². The Kier molecular flexibility index (Phi) is 5.02. The SMILES string of the molecule is O=S(=O)([O-])c1ccccc1F.[Eu]. The van der Waals surface area contributed by atoms with Gasteiger partial charge in [-0.1, -0.05) is 12.1 Å². The molecule has 3 nitrogen and oxygen atoms in total. The normalized spacial score (nSPS) is 10.5. The van der Waals surface area contributed by atoms with E-state index in [1.807, 2.05) is 0 Å². The second kappa shape index (κ2) is 4.76. The van der Waals surface area contributed by atoms with E-state index < -0.39 is 20.8 Å². The average Bonchev–Trinajstić information content (AvgIpc) is 1.86. The standard InChI is InChI=1S/C6H5FO3S.Eu/c7-5-3-1-2-4-6(5)11(8,9)10;/h1-4H,(H,8,9,10);/p-1. The maximum absolute atomic E-state index is 12.5. The van der Waals surface area contributed by atoms with E-state index in [0.29, 0.717) is 0 Å². The quantitative estimate of drug-likeness (QED) is 0.715. The van der Waals surface area contributed by atoms with Crippen LogP contribution in [0.2, 0.25) is 0 Å². The molecule has 0 spiro atoms. The molecule has 1 radical (unpaired) electrons. The first-order chi connectivity index (χ1) is 5.02. The summed E-state index contributed by atoms with van der Waals surface area (Å²) in [6.07, 6.45) is 0. The van der Waals surface area contributed by atoms with Crippen LogP contribution in [0.15, 0.2) is 29.2 Å². The first-order valence-corrected chi connectivity index (χ1v) is 4.13. The van der Waals surface area contributed by atoms with E-state index in [4.69, 9.17) is 0 Å². The van der Waals surface area contributed by atoms with E-state index in [2.05, 4.69) is 0 Å². The molecular weight excluding hydrogens is 323 g/mol. The summed E-state index contributed by atoms with van der Waals surface area (Å²) in [5, 5.41) is 0. The van der Waals surface area contributed by atoms with E-state index in [0.717, 1.165) is 12.1 Å². The minimum absolute atomic E-state index is 0. The molecule has 0 unspecified atom stereocenters. The monoisotopic (exact) mass is 328 g/mol. The van der Waals surface area contributed by atoms with E-state index in [-0.39, 0.29) is 49.4 Å². The summed E-state index contributed by atoms with van der Waals surface area (Å²) in [4.78, 5) is -0.806. The minimum atomic E-state index is -4.66.